The molecule has 0 spiro atoms. The van der Waals surface area contributed by atoms with E-state index in [4.69, 9.17) is 10.5 Å². The molecule has 2 N–H and O–H groups in total. The molecular formula is C22H27N3O3. The monoisotopic (exact) mass is 381 g/mol. The van der Waals surface area contributed by atoms with E-state index in [0.29, 0.717) is 6.42 Å². The number of rotatable bonds is 4. The zero-order chi connectivity index (χ0) is 20.4. The predicted molar refractivity (Wildman–Crippen MR) is 110 cm³/mol. The molecule has 2 aromatic rings. The number of benzene rings is 2. The van der Waals surface area contributed by atoms with Gasteiger partial charge in [-0.05, 0) is 49.8 Å². The number of nitrogens with zero attached hydrogens (tertiary/aromatic N) is 2. The van der Waals surface area contributed by atoms with Crippen molar-refractivity contribution in [3.05, 3.63) is 53.6 Å². The Bertz CT molecular complexity index is 877. The summed E-state index contributed by atoms with van der Waals surface area (Å²) in [5.41, 5.74) is 10.2. The molecule has 148 valence electrons. The fraction of sp³-hybridized carbons (Fsp3) is 0.364. The highest BCUT2D eigenvalue weighted by atomic mass is 16.6. The summed E-state index contributed by atoms with van der Waals surface area (Å²) in [5, 5.41) is 0. The van der Waals surface area contributed by atoms with Crippen LogP contribution in [0.15, 0.2) is 42.5 Å². The van der Waals surface area contributed by atoms with Crippen LogP contribution in [-0.4, -0.2) is 37.0 Å². The maximum absolute atomic E-state index is 12.2. The number of primary amides is 1. The maximum Gasteiger partial charge on any atom is 0.405 e. The van der Waals surface area contributed by atoms with E-state index in [1.54, 1.807) is 11.8 Å². The van der Waals surface area contributed by atoms with Crippen molar-refractivity contribution in [2.75, 3.05) is 19.0 Å². The van der Waals surface area contributed by atoms with Gasteiger partial charge in [0, 0.05) is 31.5 Å². The zero-order valence-electron chi connectivity index (χ0n) is 16.8. The number of anilines is 1. The Kier molecular flexibility index (Phi) is 5.70. The Labute approximate surface area is 165 Å². The van der Waals surface area contributed by atoms with Gasteiger partial charge in [0.15, 0.2) is 0 Å². The molecule has 1 aliphatic rings. The molecule has 2 amide bonds. The van der Waals surface area contributed by atoms with Crippen molar-refractivity contribution in [1.82, 2.24) is 4.90 Å². The highest BCUT2D eigenvalue weighted by Gasteiger charge is 2.34. The van der Waals surface area contributed by atoms with Crippen LogP contribution >= 0.6 is 0 Å². The van der Waals surface area contributed by atoms with E-state index in [2.05, 4.69) is 29.2 Å². The van der Waals surface area contributed by atoms with Gasteiger partial charge in [0.05, 0.1) is 5.69 Å². The van der Waals surface area contributed by atoms with Gasteiger partial charge in [-0.15, -0.1) is 0 Å². The largest absolute Gasteiger partial charge is 0.441 e. The zero-order valence-corrected chi connectivity index (χ0v) is 16.8. The van der Waals surface area contributed by atoms with Gasteiger partial charge in [0.1, 0.15) is 6.10 Å². The van der Waals surface area contributed by atoms with Crippen LogP contribution in [0.1, 0.15) is 37.5 Å². The van der Waals surface area contributed by atoms with E-state index in [1.807, 2.05) is 39.2 Å². The molecule has 2 aromatic carbocycles. The molecule has 0 bridgehead atoms. The van der Waals surface area contributed by atoms with Crippen LogP contribution < -0.4 is 10.6 Å². The lowest BCUT2D eigenvalue weighted by atomic mass is 9.90. The SMILES string of the molecule is CC(=O)N1c2ccc(-c3ccc(CN(C)C)cc3)cc2C(OC(N)=O)CC1C. The van der Waals surface area contributed by atoms with Crippen LogP contribution in [0.25, 0.3) is 11.1 Å². The number of nitrogens with two attached hydrogens (primary N) is 1. The van der Waals surface area contributed by atoms with Crippen molar-refractivity contribution in [1.29, 1.82) is 0 Å². The molecule has 0 fully saturated rings. The molecule has 6 heteroatoms. The van der Waals surface area contributed by atoms with Crippen molar-refractivity contribution >= 4 is 17.7 Å². The van der Waals surface area contributed by atoms with Gasteiger partial charge in [-0.2, -0.15) is 0 Å². The minimum absolute atomic E-state index is 0.0351. The van der Waals surface area contributed by atoms with Crippen molar-refractivity contribution in [2.45, 2.75) is 39.0 Å². The Morgan fingerprint density at radius 1 is 1.14 bits per heavy atom. The van der Waals surface area contributed by atoms with Gasteiger partial charge in [-0.1, -0.05) is 30.3 Å². The van der Waals surface area contributed by atoms with E-state index in [1.165, 1.54) is 5.56 Å². The standard InChI is InChI=1S/C22H27N3O3/c1-14-11-21(28-22(23)27)19-12-18(9-10-20(19)25(14)15(2)26)17-7-5-16(6-8-17)13-24(3)4/h5-10,12,14,21H,11,13H2,1-4H3,(H2,23,27). The summed E-state index contributed by atoms with van der Waals surface area (Å²) in [6.45, 7) is 4.37. The lowest BCUT2D eigenvalue weighted by Crippen LogP contribution is -2.42. The van der Waals surface area contributed by atoms with Crippen LogP contribution in [0.3, 0.4) is 0 Å². The number of fused-ring (bicyclic) bond motifs is 1. The quantitative estimate of drug-likeness (QED) is 0.876. The van der Waals surface area contributed by atoms with E-state index in [9.17, 15) is 9.59 Å². The summed E-state index contributed by atoms with van der Waals surface area (Å²) in [7, 11) is 4.08. The van der Waals surface area contributed by atoms with Crippen LogP contribution in [0.4, 0.5) is 10.5 Å². The molecule has 0 radical (unpaired) electrons. The number of carbonyl (C=O) groups excluding carboxylic acids is 2. The van der Waals surface area contributed by atoms with Gasteiger partial charge in [-0.3, -0.25) is 4.79 Å². The smallest absolute Gasteiger partial charge is 0.405 e. The molecule has 3 rings (SSSR count). The van der Waals surface area contributed by atoms with E-state index in [0.717, 1.165) is 28.9 Å². The van der Waals surface area contributed by atoms with Gasteiger partial charge in [0.25, 0.3) is 0 Å². The van der Waals surface area contributed by atoms with Crippen LogP contribution in [0.5, 0.6) is 0 Å². The van der Waals surface area contributed by atoms with Crippen LogP contribution in [-0.2, 0) is 16.1 Å². The molecular weight excluding hydrogens is 354 g/mol. The molecule has 0 aromatic heterocycles. The highest BCUT2D eigenvalue weighted by Crippen LogP contribution is 2.41. The van der Waals surface area contributed by atoms with Gasteiger partial charge < -0.3 is 20.3 Å². The fourth-order valence-corrected chi connectivity index (χ4v) is 3.89. The Hall–Kier alpha value is -2.86. The maximum atomic E-state index is 12.2. The van der Waals surface area contributed by atoms with Crippen molar-refractivity contribution in [3.8, 4) is 11.1 Å². The third-order valence-corrected chi connectivity index (χ3v) is 5.01. The summed E-state index contributed by atoms with van der Waals surface area (Å²) >= 11 is 0. The fourth-order valence-electron chi connectivity index (χ4n) is 3.89. The normalized spacial score (nSPS) is 18.7. The number of hydrogen-bond donors (Lipinski definition) is 1. The van der Waals surface area contributed by atoms with Crippen molar-refractivity contribution < 1.29 is 14.3 Å². The predicted octanol–water partition coefficient (Wildman–Crippen LogP) is 3.70. The summed E-state index contributed by atoms with van der Waals surface area (Å²) in [5.74, 6) is -0.0351. The molecule has 2 unspecified atom stereocenters. The van der Waals surface area contributed by atoms with Crippen LogP contribution in [0.2, 0.25) is 0 Å². The second-order valence-corrected chi connectivity index (χ2v) is 7.61. The van der Waals surface area contributed by atoms with Crippen LogP contribution in [0, 0.1) is 0 Å². The summed E-state index contributed by atoms with van der Waals surface area (Å²) in [6.07, 6.45) is -0.760. The third-order valence-electron chi connectivity index (χ3n) is 5.01. The van der Waals surface area contributed by atoms with Gasteiger partial charge in [-0.25, -0.2) is 4.79 Å². The Morgan fingerprint density at radius 2 is 1.79 bits per heavy atom. The number of hydrogen-bond acceptors (Lipinski definition) is 4. The molecule has 0 aliphatic carbocycles. The number of amides is 2. The van der Waals surface area contributed by atoms with Crippen molar-refractivity contribution in [2.24, 2.45) is 5.73 Å². The first-order chi connectivity index (χ1) is 13.3. The average molecular weight is 381 g/mol. The first-order valence-corrected chi connectivity index (χ1v) is 9.40. The Balaban J connectivity index is 2.00. The first kappa shape index (κ1) is 19.9. The molecule has 0 saturated carbocycles. The van der Waals surface area contributed by atoms with E-state index in [-0.39, 0.29) is 11.9 Å². The summed E-state index contributed by atoms with van der Waals surface area (Å²) in [4.78, 5) is 27.4. The summed E-state index contributed by atoms with van der Waals surface area (Å²) in [6, 6.07) is 14.2. The topological polar surface area (TPSA) is 75.9 Å². The second kappa shape index (κ2) is 8.02. The molecule has 1 aliphatic heterocycles. The summed E-state index contributed by atoms with van der Waals surface area (Å²) < 4.78 is 5.37. The lowest BCUT2D eigenvalue weighted by Gasteiger charge is -2.38. The Morgan fingerprint density at radius 3 is 2.36 bits per heavy atom. The minimum Gasteiger partial charge on any atom is -0.441 e. The number of ether oxygens (including phenoxy) is 1. The van der Waals surface area contributed by atoms with E-state index < -0.39 is 12.2 Å². The van der Waals surface area contributed by atoms with Crippen molar-refractivity contribution in [3.63, 3.8) is 0 Å². The first-order valence-electron chi connectivity index (χ1n) is 9.40. The van der Waals surface area contributed by atoms with Gasteiger partial charge in [0.2, 0.25) is 5.91 Å². The molecule has 6 nitrogen and oxygen atoms in total. The minimum atomic E-state index is -0.808. The molecule has 1 heterocycles. The number of carbonyl (C=O) groups is 2. The van der Waals surface area contributed by atoms with Gasteiger partial charge >= 0.3 is 6.09 Å². The third kappa shape index (κ3) is 4.17. The highest BCUT2D eigenvalue weighted by molar-refractivity contribution is 5.94. The average Bonchev–Trinajstić information content (AvgIpc) is 2.61. The lowest BCUT2D eigenvalue weighted by molar-refractivity contribution is -0.117. The molecule has 0 saturated heterocycles. The molecule has 28 heavy (non-hydrogen) atoms. The second-order valence-electron chi connectivity index (χ2n) is 7.61. The van der Waals surface area contributed by atoms with E-state index >= 15 is 0 Å². The molecule has 2 atom stereocenters.